The van der Waals surface area contributed by atoms with Gasteiger partial charge in [-0.25, -0.2) is 10.1 Å². The topological polar surface area (TPSA) is 42.7 Å². The number of hydrazine groups is 1. The summed E-state index contributed by atoms with van der Waals surface area (Å²) in [6, 6.07) is 0.393. The largest absolute Gasteiger partial charge is 0.212 e. The van der Waals surface area contributed by atoms with Crippen LogP contribution >= 0.6 is 0 Å². The third-order valence-electron chi connectivity index (χ3n) is 1.35. The summed E-state index contributed by atoms with van der Waals surface area (Å²) in [5.41, 5.74) is 6.64. The summed E-state index contributed by atoms with van der Waals surface area (Å²) in [4.78, 5) is 0. The van der Waals surface area contributed by atoms with Crippen LogP contribution in [0.15, 0.2) is 5.22 Å². The molecule has 1 N–H and O–H groups in total. The van der Waals surface area contributed by atoms with Gasteiger partial charge in [0.15, 0.2) is 0 Å². The minimum absolute atomic E-state index is 0.393. The van der Waals surface area contributed by atoms with Gasteiger partial charge in [0.1, 0.15) is 0 Å². The highest BCUT2D eigenvalue weighted by molar-refractivity contribution is 4.47. The monoisotopic (exact) mass is 130 g/mol. The summed E-state index contributed by atoms with van der Waals surface area (Å²) in [7, 11) is 3.63. The van der Waals surface area contributed by atoms with E-state index in [0.29, 0.717) is 6.04 Å². The van der Waals surface area contributed by atoms with E-state index in [1.165, 1.54) is 5.12 Å². The van der Waals surface area contributed by atoms with Crippen LogP contribution in [0, 0.1) is 5.53 Å². The van der Waals surface area contributed by atoms with Gasteiger partial charge in [0, 0.05) is 20.1 Å². The van der Waals surface area contributed by atoms with E-state index in [4.69, 9.17) is 5.53 Å². The Morgan fingerprint density at radius 2 is 1.78 bits per heavy atom. The zero-order valence-corrected chi connectivity index (χ0v) is 6.42. The van der Waals surface area contributed by atoms with Crippen LogP contribution in [0.4, 0.5) is 0 Å². The third-order valence-corrected chi connectivity index (χ3v) is 1.35. The lowest BCUT2D eigenvalue weighted by Crippen LogP contribution is -2.37. The van der Waals surface area contributed by atoms with Gasteiger partial charge < -0.3 is 0 Å². The molecule has 0 aliphatic heterocycles. The van der Waals surface area contributed by atoms with Gasteiger partial charge in [0.25, 0.3) is 0 Å². The van der Waals surface area contributed by atoms with Crippen LogP contribution in [-0.4, -0.2) is 30.3 Å². The Kier molecular flexibility index (Phi) is 3.16. The fourth-order valence-electron chi connectivity index (χ4n) is 0.405. The van der Waals surface area contributed by atoms with Crippen molar-refractivity contribution in [1.29, 1.82) is 5.53 Å². The van der Waals surface area contributed by atoms with Crippen molar-refractivity contribution in [3.8, 4) is 0 Å². The Balaban J connectivity index is 3.71. The van der Waals surface area contributed by atoms with Crippen LogP contribution in [0.5, 0.6) is 0 Å². The molecule has 4 nitrogen and oxygen atoms in total. The predicted molar refractivity (Wildman–Crippen MR) is 35.8 cm³/mol. The van der Waals surface area contributed by atoms with Crippen LogP contribution in [-0.2, 0) is 0 Å². The van der Waals surface area contributed by atoms with Crippen molar-refractivity contribution in [3.05, 3.63) is 0 Å². The maximum Gasteiger partial charge on any atom is 0.0441 e. The highest BCUT2D eigenvalue weighted by Crippen LogP contribution is 1.96. The molecule has 0 bridgehead atoms. The molecule has 0 unspecified atom stereocenters. The van der Waals surface area contributed by atoms with E-state index < -0.39 is 0 Å². The minimum Gasteiger partial charge on any atom is -0.212 e. The third kappa shape index (κ3) is 2.41. The molecular weight excluding hydrogens is 116 g/mol. The molecule has 0 aliphatic rings. The van der Waals surface area contributed by atoms with Crippen LogP contribution in [0.2, 0.25) is 0 Å². The first kappa shape index (κ1) is 8.36. The number of hydrogen-bond donors (Lipinski definition) is 1. The molecule has 0 aliphatic carbocycles. The van der Waals surface area contributed by atoms with E-state index in [-0.39, 0.29) is 0 Å². The van der Waals surface area contributed by atoms with E-state index in [1.807, 2.05) is 25.9 Å². The van der Waals surface area contributed by atoms with Crippen LogP contribution < -0.4 is 0 Å². The molecule has 0 rings (SSSR count). The second-order valence-electron chi connectivity index (χ2n) is 2.26. The summed E-state index contributed by atoms with van der Waals surface area (Å²) in [5.74, 6) is 0. The quantitative estimate of drug-likeness (QED) is 0.459. The fourth-order valence-corrected chi connectivity index (χ4v) is 0.405. The zero-order valence-electron chi connectivity index (χ0n) is 6.42. The molecule has 0 saturated heterocycles. The second-order valence-corrected chi connectivity index (χ2v) is 2.26. The van der Waals surface area contributed by atoms with E-state index in [2.05, 4.69) is 5.22 Å². The summed E-state index contributed by atoms with van der Waals surface area (Å²) in [6.07, 6.45) is 0. The second kappa shape index (κ2) is 3.40. The first-order chi connectivity index (χ1) is 4.09. The standard InChI is InChI=1S/C5H14N4/c1-5(2)8(3)9(4)7-6/h5-6H,1-4H3. The maximum absolute atomic E-state index is 6.64. The zero-order chi connectivity index (χ0) is 7.44. The molecule has 0 saturated carbocycles. The van der Waals surface area contributed by atoms with Crippen LogP contribution in [0.3, 0.4) is 0 Å². The summed E-state index contributed by atoms with van der Waals surface area (Å²) >= 11 is 0. The lowest BCUT2D eigenvalue weighted by Gasteiger charge is -2.26. The lowest BCUT2D eigenvalue weighted by atomic mass is 10.4. The van der Waals surface area contributed by atoms with E-state index in [9.17, 15) is 0 Å². The van der Waals surface area contributed by atoms with Gasteiger partial charge in [0.05, 0.1) is 0 Å². The molecule has 54 valence electrons. The highest BCUT2D eigenvalue weighted by atomic mass is 15.8. The molecule has 0 radical (unpaired) electrons. The summed E-state index contributed by atoms with van der Waals surface area (Å²) < 4.78 is 0. The summed E-state index contributed by atoms with van der Waals surface area (Å²) in [6.45, 7) is 4.09. The Labute approximate surface area is 55.9 Å². The molecule has 9 heavy (non-hydrogen) atoms. The van der Waals surface area contributed by atoms with Gasteiger partial charge in [0.2, 0.25) is 0 Å². The molecule has 0 spiro atoms. The van der Waals surface area contributed by atoms with Crippen molar-refractivity contribution < 1.29 is 0 Å². The van der Waals surface area contributed by atoms with Crippen LogP contribution in [0.1, 0.15) is 13.8 Å². The van der Waals surface area contributed by atoms with Crippen molar-refractivity contribution in [2.24, 2.45) is 5.22 Å². The van der Waals surface area contributed by atoms with Gasteiger partial charge in [-0.05, 0) is 13.8 Å². The first-order valence-electron chi connectivity index (χ1n) is 2.93. The van der Waals surface area contributed by atoms with Gasteiger partial charge in [-0.2, -0.15) is 5.53 Å². The summed E-state index contributed by atoms with van der Waals surface area (Å²) in [5, 5.41) is 6.58. The van der Waals surface area contributed by atoms with Crippen molar-refractivity contribution in [1.82, 2.24) is 10.1 Å². The maximum atomic E-state index is 6.64. The molecule has 4 heteroatoms. The Hall–Kier alpha value is -0.640. The van der Waals surface area contributed by atoms with Crippen molar-refractivity contribution in [2.75, 3.05) is 14.1 Å². The van der Waals surface area contributed by atoms with Gasteiger partial charge in [-0.1, -0.05) is 5.22 Å². The Morgan fingerprint density at radius 3 is 1.89 bits per heavy atom. The van der Waals surface area contributed by atoms with Crippen molar-refractivity contribution in [2.45, 2.75) is 19.9 Å². The number of hydrogen-bond acceptors (Lipinski definition) is 3. The molecule has 0 atom stereocenters. The first-order valence-corrected chi connectivity index (χ1v) is 2.93. The SMILES string of the molecule is CC(C)N(C)N(C)N=N. The van der Waals surface area contributed by atoms with Crippen molar-refractivity contribution >= 4 is 0 Å². The van der Waals surface area contributed by atoms with Gasteiger partial charge in [-0.15, -0.1) is 0 Å². The molecule has 0 heterocycles. The Bertz CT molecular complexity index is 91.0. The highest BCUT2D eigenvalue weighted by Gasteiger charge is 2.05. The Morgan fingerprint density at radius 1 is 1.33 bits per heavy atom. The average Bonchev–Trinajstić information content (AvgIpc) is 1.84. The van der Waals surface area contributed by atoms with Crippen LogP contribution in [0.25, 0.3) is 0 Å². The number of rotatable bonds is 3. The predicted octanol–water partition coefficient (Wildman–Crippen LogP) is 1.12. The number of nitrogens with one attached hydrogen (secondary N) is 1. The average molecular weight is 130 g/mol. The van der Waals surface area contributed by atoms with E-state index >= 15 is 0 Å². The fraction of sp³-hybridized carbons (Fsp3) is 1.00. The molecule has 0 aromatic heterocycles. The lowest BCUT2D eigenvalue weighted by molar-refractivity contribution is -0.0105. The van der Waals surface area contributed by atoms with E-state index in [1.54, 1.807) is 7.05 Å². The molecule has 0 amide bonds. The normalized spacial score (nSPS) is 10.4. The smallest absolute Gasteiger partial charge is 0.0441 e. The number of nitrogens with zero attached hydrogens (tertiary/aromatic N) is 3. The molecule has 0 aromatic carbocycles. The molecule has 0 fully saturated rings. The van der Waals surface area contributed by atoms with Gasteiger partial charge in [-0.3, -0.25) is 0 Å². The van der Waals surface area contributed by atoms with E-state index in [0.717, 1.165) is 0 Å². The molecular formula is C5H14N4. The molecule has 0 aromatic rings. The van der Waals surface area contributed by atoms with Gasteiger partial charge >= 0.3 is 0 Å². The minimum atomic E-state index is 0.393. The van der Waals surface area contributed by atoms with Crippen molar-refractivity contribution in [3.63, 3.8) is 0 Å².